The zero-order chi connectivity index (χ0) is 14.5. The average molecular weight is 334 g/mol. The number of nitrogens with zero attached hydrogens (tertiary/aromatic N) is 2. The van der Waals surface area contributed by atoms with Crippen molar-refractivity contribution in [3.05, 3.63) is 46.6 Å². The number of hydrogen-bond acceptors (Lipinski definition) is 3. The van der Waals surface area contributed by atoms with Crippen LogP contribution in [0.2, 0.25) is 0 Å². The molecule has 0 amide bonds. The van der Waals surface area contributed by atoms with Gasteiger partial charge in [0.05, 0.1) is 4.47 Å². The van der Waals surface area contributed by atoms with Gasteiger partial charge in [-0.1, -0.05) is 0 Å². The summed E-state index contributed by atoms with van der Waals surface area (Å²) in [4.78, 5) is 6.72. The number of rotatable bonds is 5. The van der Waals surface area contributed by atoms with Gasteiger partial charge >= 0.3 is 0 Å². The van der Waals surface area contributed by atoms with Crippen LogP contribution in [0.15, 0.2) is 41.0 Å². The molecule has 2 aromatic rings. The van der Waals surface area contributed by atoms with E-state index in [1.807, 2.05) is 13.1 Å². The van der Waals surface area contributed by atoms with E-state index in [1.165, 1.54) is 5.69 Å². The summed E-state index contributed by atoms with van der Waals surface area (Å²) in [5.74, 6) is 0.839. The number of benzene rings is 1. The SMILES string of the molecule is CCN(CC)c1ccc(Nc2ncc(C)cc2Br)cc1. The molecular formula is C16H20BrN3. The van der Waals surface area contributed by atoms with Crippen molar-refractivity contribution in [2.45, 2.75) is 20.8 Å². The highest BCUT2D eigenvalue weighted by Crippen LogP contribution is 2.25. The molecule has 0 saturated carbocycles. The maximum Gasteiger partial charge on any atom is 0.144 e. The predicted molar refractivity (Wildman–Crippen MR) is 90.0 cm³/mol. The predicted octanol–water partition coefficient (Wildman–Crippen LogP) is 4.74. The van der Waals surface area contributed by atoms with Crippen molar-refractivity contribution >= 4 is 33.1 Å². The second-order valence-electron chi connectivity index (χ2n) is 4.69. The number of aromatic nitrogens is 1. The van der Waals surface area contributed by atoms with Crippen LogP contribution < -0.4 is 10.2 Å². The van der Waals surface area contributed by atoms with E-state index in [0.717, 1.165) is 34.6 Å². The van der Waals surface area contributed by atoms with Gasteiger partial charge in [-0.25, -0.2) is 4.98 Å². The van der Waals surface area contributed by atoms with Gasteiger partial charge in [-0.2, -0.15) is 0 Å². The first kappa shape index (κ1) is 14.9. The van der Waals surface area contributed by atoms with Crippen molar-refractivity contribution in [2.75, 3.05) is 23.3 Å². The molecule has 2 rings (SSSR count). The Kier molecular flexibility index (Phi) is 5.01. The van der Waals surface area contributed by atoms with Crippen molar-refractivity contribution in [1.82, 2.24) is 4.98 Å². The molecule has 0 unspecified atom stereocenters. The molecule has 1 aromatic heterocycles. The fourth-order valence-electron chi connectivity index (χ4n) is 2.11. The van der Waals surface area contributed by atoms with Crippen molar-refractivity contribution in [1.29, 1.82) is 0 Å². The van der Waals surface area contributed by atoms with Gasteiger partial charge in [0.25, 0.3) is 0 Å². The van der Waals surface area contributed by atoms with E-state index in [2.05, 4.69) is 75.3 Å². The smallest absolute Gasteiger partial charge is 0.144 e. The Morgan fingerprint density at radius 2 is 1.80 bits per heavy atom. The average Bonchev–Trinajstić information content (AvgIpc) is 2.45. The Balaban J connectivity index is 2.14. The third-order valence-corrected chi connectivity index (χ3v) is 3.84. The van der Waals surface area contributed by atoms with Gasteiger partial charge < -0.3 is 10.2 Å². The summed E-state index contributed by atoms with van der Waals surface area (Å²) >= 11 is 3.53. The Morgan fingerprint density at radius 1 is 1.15 bits per heavy atom. The second-order valence-corrected chi connectivity index (χ2v) is 5.54. The van der Waals surface area contributed by atoms with Gasteiger partial charge in [0, 0.05) is 30.7 Å². The first-order valence-electron chi connectivity index (χ1n) is 6.88. The maximum atomic E-state index is 4.39. The highest BCUT2D eigenvalue weighted by atomic mass is 79.9. The molecule has 1 aromatic carbocycles. The molecule has 0 radical (unpaired) electrons. The van der Waals surface area contributed by atoms with Gasteiger partial charge in [-0.3, -0.25) is 0 Å². The number of aryl methyl sites for hydroxylation is 1. The molecule has 106 valence electrons. The van der Waals surface area contributed by atoms with E-state index in [0.29, 0.717) is 0 Å². The Bertz CT molecular complexity index is 562. The summed E-state index contributed by atoms with van der Waals surface area (Å²) in [5.41, 5.74) is 3.42. The van der Waals surface area contributed by atoms with E-state index in [1.54, 1.807) is 0 Å². The van der Waals surface area contributed by atoms with E-state index in [4.69, 9.17) is 0 Å². The summed E-state index contributed by atoms with van der Waals surface area (Å²) in [5, 5.41) is 3.33. The van der Waals surface area contributed by atoms with Gasteiger partial charge in [-0.15, -0.1) is 0 Å². The summed E-state index contributed by atoms with van der Waals surface area (Å²) in [6.07, 6.45) is 1.86. The highest BCUT2D eigenvalue weighted by molar-refractivity contribution is 9.10. The summed E-state index contributed by atoms with van der Waals surface area (Å²) < 4.78 is 0.977. The summed E-state index contributed by atoms with van der Waals surface area (Å²) in [6.45, 7) is 8.41. The van der Waals surface area contributed by atoms with Gasteiger partial charge in [0.1, 0.15) is 5.82 Å². The van der Waals surface area contributed by atoms with E-state index < -0.39 is 0 Å². The van der Waals surface area contributed by atoms with E-state index in [9.17, 15) is 0 Å². The van der Waals surface area contributed by atoms with Gasteiger partial charge in [0.15, 0.2) is 0 Å². The number of pyridine rings is 1. The molecule has 0 aliphatic rings. The fourth-order valence-corrected chi connectivity index (χ4v) is 2.67. The summed E-state index contributed by atoms with van der Waals surface area (Å²) in [6, 6.07) is 10.5. The van der Waals surface area contributed by atoms with Crippen LogP contribution in [0.1, 0.15) is 19.4 Å². The first-order valence-corrected chi connectivity index (χ1v) is 7.67. The van der Waals surface area contributed by atoms with Gasteiger partial charge in [0.2, 0.25) is 0 Å². The molecule has 20 heavy (non-hydrogen) atoms. The minimum atomic E-state index is 0.839. The molecular weight excluding hydrogens is 314 g/mol. The van der Waals surface area contributed by atoms with E-state index >= 15 is 0 Å². The minimum Gasteiger partial charge on any atom is -0.372 e. The van der Waals surface area contributed by atoms with Crippen LogP contribution in [0.25, 0.3) is 0 Å². The number of nitrogens with one attached hydrogen (secondary N) is 1. The van der Waals surface area contributed by atoms with Crippen LogP contribution in [0.4, 0.5) is 17.2 Å². The maximum absolute atomic E-state index is 4.39. The molecule has 0 saturated heterocycles. The lowest BCUT2D eigenvalue weighted by Crippen LogP contribution is -2.21. The quantitative estimate of drug-likeness (QED) is 0.856. The van der Waals surface area contributed by atoms with Crippen LogP contribution in [0.3, 0.4) is 0 Å². The highest BCUT2D eigenvalue weighted by Gasteiger charge is 2.04. The molecule has 1 N–H and O–H groups in total. The van der Waals surface area contributed by atoms with Crippen molar-refractivity contribution < 1.29 is 0 Å². The minimum absolute atomic E-state index is 0.839. The van der Waals surface area contributed by atoms with E-state index in [-0.39, 0.29) is 0 Å². The van der Waals surface area contributed by atoms with Crippen molar-refractivity contribution in [3.8, 4) is 0 Å². The zero-order valence-electron chi connectivity index (χ0n) is 12.2. The Hall–Kier alpha value is -1.55. The van der Waals surface area contributed by atoms with Crippen LogP contribution in [-0.4, -0.2) is 18.1 Å². The molecule has 0 aliphatic heterocycles. The number of hydrogen-bond donors (Lipinski definition) is 1. The lowest BCUT2D eigenvalue weighted by molar-refractivity contribution is 0.866. The largest absolute Gasteiger partial charge is 0.372 e. The third-order valence-electron chi connectivity index (χ3n) is 3.24. The lowest BCUT2D eigenvalue weighted by atomic mass is 10.2. The molecule has 0 atom stereocenters. The lowest BCUT2D eigenvalue weighted by Gasteiger charge is -2.21. The van der Waals surface area contributed by atoms with Crippen LogP contribution in [0, 0.1) is 6.92 Å². The number of anilines is 3. The summed E-state index contributed by atoms with van der Waals surface area (Å²) in [7, 11) is 0. The molecule has 1 heterocycles. The zero-order valence-corrected chi connectivity index (χ0v) is 13.7. The second kappa shape index (κ2) is 6.75. The molecule has 3 nitrogen and oxygen atoms in total. The molecule has 4 heteroatoms. The number of halogens is 1. The Labute approximate surface area is 129 Å². The topological polar surface area (TPSA) is 28.2 Å². The van der Waals surface area contributed by atoms with Gasteiger partial charge in [-0.05, 0) is 72.6 Å². The monoisotopic (exact) mass is 333 g/mol. The standard InChI is InChI=1S/C16H20BrN3/c1-4-20(5-2)14-8-6-13(7-9-14)19-16-15(17)10-12(3)11-18-16/h6-11H,4-5H2,1-3H3,(H,18,19). The van der Waals surface area contributed by atoms with Crippen LogP contribution in [0.5, 0.6) is 0 Å². The van der Waals surface area contributed by atoms with Crippen molar-refractivity contribution in [2.24, 2.45) is 0 Å². The van der Waals surface area contributed by atoms with Crippen LogP contribution in [-0.2, 0) is 0 Å². The molecule has 0 bridgehead atoms. The third kappa shape index (κ3) is 3.51. The Morgan fingerprint density at radius 3 is 2.35 bits per heavy atom. The molecule has 0 spiro atoms. The first-order chi connectivity index (χ1) is 9.63. The van der Waals surface area contributed by atoms with Crippen LogP contribution >= 0.6 is 15.9 Å². The normalized spacial score (nSPS) is 10.4. The molecule has 0 fully saturated rings. The van der Waals surface area contributed by atoms with Crippen molar-refractivity contribution in [3.63, 3.8) is 0 Å². The fraction of sp³-hybridized carbons (Fsp3) is 0.312. The molecule has 0 aliphatic carbocycles.